The van der Waals surface area contributed by atoms with Crippen molar-refractivity contribution >= 4 is 31.9 Å². The van der Waals surface area contributed by atoms with Crippen molar-refractivity contribution in [1.29, 1.82) is 5.26 Å². The molecule has 0 spiro atoms. The molecular formula is C14H15Br2NO. The summed E-state index contributed by atoms with van der Waals surface area (Å²) in [5, 5.41) is 20.0. The van der Waals surface area contributed by atoms with Crippen molar-refractivity contribution in [3.05, 3.63) is 32.7 Å². The third kappa shape index (κ3) is 2.64. The molecule has 4 heteroatoms. The summed E-state index contributed by atoms with van der Waals surface area (Å²) in [6.07, 6.45) is 4.11. The van der Waals surface area contributed by atoms with Crippen LogP contribution in [0.4, 0.5) is 0 Å². The monoisotopic (exact) mass is 371 g/mol. The summed E-state index contributed by atoms with van der Waals surface area (Å²) in [4.78, 5) is 0. The van der Waals surface area contributed by atoms with E-state index in [4.69, 9.17) is 0 Å². The summed E-state index contributed by atoms with van der Waals surface area (Å²) in [6, 6.07) is 8.05. The highest BCUT2D eigenvalue weighted by atomic mass is 79.9. The number of rotatable bonds is 2. The van der Waals surface area contributed by atoms with Crippen LogP contribution in [0.25, 0.3) is 0 Å². The van der Waals surface area contributed by atoms with Crippen molar-refractivity contribution in [2.24, 2.45) is 5.41 Å². The quantitative estimate of drug-likeness (QED) is 0.816. The Labute approximate surface area is 124 Å². The highest BCUT2D eigenvalue weighted by molar-refractivity contribution is 9.13. The van der Waals surface area contributed by atoms with E-state index >= 15 is 0 Å². The SMILES string of the molecule is N#CC1(C(O)c2ccc(Br)c(Br)c2)CCCCC1. The van der Waals surface area contributed by atoms with Crippen LogP contribution in [-0.4, -0.2) is 5.11 Å². The number of aliphatic hydroxyl groups excluding tert-OH is 1. The predicted octanol–water partition coefficient (Wildman–Crippen LogP) is 4.72. The normalized spacial score (nSPS) is 20.1. The lowest BCUT2D eigenvalue weighted by Crippen LogP contribution is -2.30. The highest BCUT2D eigenvalue weighted by Crippen LogP contribution is 2.46. The van der Waals surface area contributed by atoms with Gasteiger partial charge < -0.3 is 5.11 Å². The summed E-state index contributed by atoms with van der Waals surface area (Å²) >= 11 is 6.85. The van der Waals surface area contributed by atoms with Crippen LogP contribution in [0.3, 0.4) is 0 Å². The Bertz CT molecular complexity index is 475. The molecule has 1 aromatic carbocycles. The molecule has 1 fully saturated rings. The Morgan fingerprint density at radius 1 is 1.17 bits per heavy atom. The van der Waals surface area contributed by atoms with E-state index in [1.807, 2.05) is 18.2 Å². The van der Waals surface area contributed by atoms with E-state index in [0.717, 1.165) is 40.2 Å². The topological polar surface area (TPSA) is 44.0 Å². The summed E-state index contributed by atoms with van der Waals surface area (Å²) in [5.74, 6) is 0. The molecule has 2 nitrogen and oxygen atoms in total. The van der Waals surface area contributed by atoms with Gasteiger partial charge in [0.2, 0.25) is 0 Å². The van der Waals surface area contributed by atoms with Crippen molar-refractivity contribution in [2.45, 2.75) is 38.2 Å². The zero-order valence-electron chi connectivity index (χ0n) is 10.00. The van der Waals surface area contributed by atoms with Gasteiger partial charge in [-0.05, 0) is 62.4 Å². The zero-order valence-corrected chi connectivity index (χ0v) is 13.2. The van der Waals surface area contributed by atoms with E-state index < -0.39 is 11.5 Å². The largest absolute Gasteiger partial charge is 0.387 e. The third-order valence-corrected chi connectivity index (χ3v) is 5.63. The van der Waals surface area contributed by atoms with Gasteiger partial charge >= 0.3 is 0 Å². The van der Waals surface area contributed by atoms with Gasteiger partial charge in [0.25, 0.3) is 0 Å². The number of hydrogen-bond acceptors (Lipinski definition) is 2. The van der Waals surface area contributed by atoms with Crippen LogP contribution < -0.4 is 0 Å². The molecule has 1 saturated carbocycles. The summed E-state index contributed by atoms with van der Waals surface area (Å²) in [6.45, 7) is 0. The molecule has 0 aromatic heterocycles. The van der Waals surface area contributed by atoms with E-state index in [0.29, 0.717) is 0 Å². The molecule has 2 rings (SSSR count). The third-order valence-electron chi connectivity index (χ3n) is 3.75. The molecular weight excluding hydrogens is 358 g/mol. The molecule has 18 heavy (non-hydrogen) atoms. The van der Waals surface area contributed by atoms with Gasteiger partial charge in [0.15, 0.2) is 0 Å². The van der Waals surface area contributed by atoms with Gasteiger partial charge in [0.05, 0.1) is 17.6 Å². The second kappa shape index (κ2) is 5.73. The van der Waals surface area contributed by atoms with Crippen molar-refractivity contribution in [2.75, 3.05) is 0 Å². The smallest absolute Gasteiger partial charge is 0.0976 e. The van der Waals surface area contributed by atoms with Crippen molar-refractivity contribution in [3.63, 3.8) is 0 Å². The average molecular weight is 373 g/mol. The molecule has 1 atom stereocenters. The van der Waals surface area contributed by atoms with Crippen molar-refractivity contribution in [3.8, 4) is 6.07 Å². The highest BCUT2D eigenvalue weighted by Gasteiger charge is 2.40. The standard InChI is InChI=1S/C14H15Br2NO/c15-11-5-4-10(8-12(11)16)13(18)14(9-17)6-2-1-3-7-14/h4-5,8,13,18H,1-3,6-7H2. The fourth-order valence-electron chi connectivity index (χ4n) is 2.63. The Hall–Kier alpha value is -0.370. The molecule has 0 bridgehead atoms. The Kier molecular flexibility index (Phi) is 4.47. The first-order valence-corrected chi connectivity index (χ1v) is 7.72. The van der Waals surface area contributed by atoms with Gasteiger partial charge in [0.1, 0.15) is 0 Å². The van der Waals surface area contributed by atoms with E-state index in [2.05, 4.69) is 37.9 Å². The van der Waals surface area contributed by atoms with Crippen LogP contribution in [-0.2, 0) is 0 Å². The first-order valence-electron chi connectivity index (χ1n) is 6.13. The van der Waals surface area contributed by atoms with Crippen LogP contribution in [0.2, 0.25) is 0 Å². The van der Waals surface area contributed by atoms with Gasteiger partial charge in [-0.1, -0.05) is 25.3 Å². The van der Waals surface area contributed by atoms with Crippen LogP contribution in [0.15, 0.2) is 27.1 Å². The minimum atomic E-state index is -0.702. The van der Waals surface area contributed by atoms with Gasteiger partial charge in [-0.2, -0.15) is 5.26 Å². The van der Waals surface area contributed by atoms with E-state index in [1.165, 1.54) is 6.42 Å². The summed E-state index contributed by atoms with van der Waals surface area (Å²) in [7, 11) is 0. The van der Waals surface area contributed by atoms with Crippen LogP contribution in [0, 0.1) is 16.7 Å². The molecule has 96 valence electrons. The molecule has 1 aromatic rings. The first-order chi connectivity index (χ1) is 8.59. The Balaban J connectivity index is 2.31. The van der Waals surface area contributed by atoms with E-state index in [9.17, 15) is 10.4 Å². The second-order valence-corrected chi connectivity index (χ2v) is 6.61. The van der Waals surface area contributed by atoms with E-state index in [-0.39, 0.29) is 0 Å². The molecule has 0 amide bonds. The molecule has 0 heterocycles. The number of hydrogen-bond donors (Lipinski definition) is 1. The van der Waals surface area contributed by atoms with Gasteiger partial charge in [-0.15, -0.1) is 0 Å². The molecule has 1 N–H and O–H groups in total. The average Bonchev–Trinajstić information content (AvgIpc) is 2.42. The number of benzene rings is 1. The zero-order chi connectivity index (χ0) is 13.2. The number of aliphatic hydroxyl groups is 1. The van der Waals surface area contributed by atoms with Gasteiger partial charge in [-0.3, -0.25) is 0 Å². The summed E-state index contributed by atoms with van der Waals surface area (Å²) < 4.78 is 1.86. The van der Waals surface area contributed by atoms with Gasteiger partial charge in [0, 0.05) is 8.95 Å². The van der Waals surface area contributed by atoms with Crippen LogP contribution in [0.1, 0.15) is 43.8 Å². The molecule has 1 aliphatic carbocycles. The van der Waals surface area contributed by atoms with Crippen LogP contribution in [0.5, 0.6) is 0 Å². The lowest BCUT2D eigenvalue weighted by Gasteiger charge is -2.35. The molecule has 1 aliphatic rings. The molecule has 0 radical (unpaired) electrons. The fourth-order valence-corrected chi connectivity index (χ4v) is 3.27. The lowest BCUT2D eigenvalue weighted by atomic mass is 9.69. The minimum absolute atomic E-state index is 0.606. The lowest BCUT2D eigenvalue weighted by molar-refractivity contribution is 0.0359. The van der Waals surface area contributed by atoms with Crippen molar-refractivity contribution in [1.82, 2.24) is 0 Å². The first kappa shape index (κ1) is 14.0. The van der Waals surface area contributed by atoms with Crippen LogP contribution >= 0.6 is 31.9 Å². The number of halogens is 2. The predicted molar refractivity (Wildman–Crippen MR) is 77.9 cm³/mol. The number of nitriles is 1. The molecule has 1 unspecified atom stereocenters. The van der Waals surface area contributed by atoms with Crippen molar-refractivity contribution < 1.29 is 5.11 Å². The Morgan fingerprint density at radius 2 is 1.83 bits per heavy atom. The maximum absolute atomic E-state index is 10.6. The summed E-state index contributed by atoms with van der Waals surface area (Å²) in [5.41, 5.74) is 0.208. The fraction of sp³-hybridized carbons (Fsp3) is 0.500. The minimum Gasteiger partial charge on any atom is -0.387 e. The molecule has 0 saturated heterocycles. The Morgan fingerprint density at radius 3 is 2.39 bits per heavy atom. The molecule has 0 aliphatic heterocycles. The number of nitrogens with zero attached hydrogens (tertiary/aromatic N) is 1. The van der Waals surface area contributed by atoms with E-state index in [1.54, 1.807) is 0 Å². The maximum atomic E-state index is 10.6. The van der Waals surface area contributed by atoms with Gasteiger partial charge in [-0.25, -0.2) is 0 Å². The second-order valence-electron chi connectivity index (χ2n) is 4.90. The maximum Gasteiger partial charge on any atom is 0.0976 e.